The second kappa shape index (κ2) is 12.9. The minimum atomic E-state index is -0.157. The molecule has 4 atom stereocenters. The number of unbranched alkanes of at least 4 members (excludes halogenated alkanes) is 2. The molecule has 1 aliphatic carbocycles. The van der Waals surface area contributed by atoms with E-state index < -0.39 is 0 Å². The molecule has 1 amide bonds. The van der Waals surface area contributed by atoms with E-state index in [0.717, 1.165) is 88.2 Å². The zero-order chi connectivity index (χ0) is 30.0. The summed E-state index contributed by atoms with van der Waals surface area (Å²) in [6.45, 7) is 13.7. The Morgan fingerprint density at radius 1 is 1.09 bits per heavy atom. The quantitative estimate of drug-likeness (QED) is 0.177. The lowest BCUT2D eigenvalue weighted by molar-refractivity contribution is -0.124. The van der Waals surface area contributed by atoms with Crippen LogP contribution in [0.25, 0.3) is 11.3 Å². The molecule has 230 valence electrons. The zero-order valence-corrected chi connectivity index (χ0v) is 26.0. The maximum Gasteiger partial charge on any atom is 0.224 e. The van der Waals surface area contributed by atoms with E-state index in [-0.39, 0.29) is 23.3 Å². The number of imidazole rings is 1. The average molecular weight is 584 g/mol. The maximum atomic E-state index is 13.6. The Labute approximate surface area is 257 Å². The molecule has 2 aromatic rings. The van der Waals surface area contributed by atoms with Crippen LogP contribution in [0.1, 0.15) is 113 Å². The van der Waals surface area contributed by atoms with Gasteiger partial charge in [0.1, 0.15) is 11.6 Å². The number of hydrogen-bond donors (Lipinski definition) is 2. The Balaban J connectivity index is 1.14. The number of carbonyl (C=O) groups is 2. The van der Waals surface area contributed by atoms with Crippen molar-refractivity contribution in [2.75, 3.05) is 26.2 Å². The molecule has 2 bridgehead atoms. The number of aromatic amines is 1. The van der Waals surface area contributed by atoms with Crippen LogP contribution in [-0.4, -0.2) is 57.6 Å². The van der Waals surface area contributed by atoms with E-state index in [0.29, 0.717) is 30.7 Å². The number of piperidine rings is 1. The number of amides is 1. The highest BCUT2D eigenvalue weighted by Gasteiger charge is 2.58. The molecule has 4 aliphatic rings. The summed E-state index contributed by atoms with van der Waals surface area (Å²) in [5.41, 5.74) is 5.23. The number of aromatic nitrogens is 2. The molecule has 0 radical (unpaired) electrons. The van der Waals surface area contributed by atoms with Crippen molar-refractivity contribution in [3.05, 3.63) is 66.7 Å². The standard InChI is InChI=1S/C36H49N5O2/c1-4-18-40-20-16-36(17-21-40)23-29(36)35(43)39-30(11-9-7-8-10-26(42)6-3)34-37-24-31(38-34)25-12-13-27-28(22-25)33-15-14-32(27)41(33)19-5-2/h4-5,12-13,22,24,29-30,32-33H,1-2,6-11,14-21,23H2,3H3,(H,37,38)(H,39,43)/t29?,30-,32?,33?/m0/s1. The molecule has 1 aromatic carbocycles. The van der Waals surface area contributed by atoms with Gasteiger partial charge in [0.05, 0.1) is 17.9 Å². The number of carbonyl (C=O) groups excluding carboxylic acids is 2. The highest BCUT2D eigenvalue weighted by atomic mass is 16.2. The van der Waals surface area contributed by atoms with Crippen LogP contribution >= 0.6 is 0 Å². The molecule has 3 aliphatic heterocycles. The first-order valence-electron chi connectivity index (χ1n) is 16.7. The van der Waals surface area contributed by atoms with Crippen LogP contribution in [0.5, 0.6) is 0 Å². The minimum Gasteiger partial charge on any atom is -0.346 e. The Kier molecular flexibility index (Phi) is 9.01. The van der Waals surface area contributed by atoms with Crippen molar-refractivity contribution in [3.8, 4) is 11.3 Å². The molecule has 3 fully saturated rings. The Bertz CT molecular complexity index is 1340. The normalized spacial score (nSPS) is 24.5. The monoisotopic (exact) mass is 583 g/mol. The summed E-state index contributed by atoms with van der Waals surface area (Å²) in [6, 6.07) is 7.69. The predicted octanol–water partition coefficient (Wildman–Crippen LogP) is 6.83. The van der Waals surface area contributed by atoms with E-state index in [9.17, 15) is 9.59 Å². The molecule has 2 N–H and O–H groups in total. The summed E-state index contributed by atoms with van der Waals surface area (Å²) >= 11 is 0. The first-order valence-corrected chi connectivity index (χ1v) is 16.7. The van der Waals surface area contributed by atoms with Gasteiger partial charge in [-0.1, -0.05) is 44.1 Å². The van der Waals surface area contributed by atoms with E-state index >= 15 is 0 Å². The van der Waals surface area contributed by atoms with Crippen LogP contribution in [0.15, 0.2) is 49.7 Å². The van der Waals surface area contributed by atoms with Crippen molar-refractivity contribution in [3.63, 3.8) is 0 Å². The van der Waals surface area contributed by atoms with Crippen molar-refractivity contribution in [1.29, 1.82) is 0 Å². The third-order valence-corrected chi connectivity index (χ3v) is 10.8. The predicted molar refractivity (Wildman–Crippen MR) is 171 cm³/mol. The third kappa shape index (κ3) is 6.16. The third-order valence-electron chi connectivity index (χ3n) is 10.8. The number of hydrogen-bond acceptors (Lipinski definition) is 5. The Hall–Kier alpha value is -3.03. The largest absolute Gasteiger partial charge is 0.346 e. The van der Waals surface area contributed by atoms with Crippen LogP contribution in [0, 0.1) is 11.3 Å². The van der Waals surface area contributed by atoms with Crippen LogP contribution < -0.4 is 5.32 Å². The summed E-state index contributed by atoms with van der Waals surface area (Å²) in [5.74, 6) is 1.44. The molecule has 4 heterocycles. The Morgan fingerprint density at radius 2 is 1.86 bits per heavy atom. The fourth-order valence-corrected chi connectivity index (χ4v) is 8.14. The van der Waals surface area contributed by atoms with E-state index in [4.69, 9.17) is 4.98 Å². The number of H-pyrrole nitrogens is 1. The van der Waals surface area contributed by atoms with Gasteiger partial charge in [-0.25, -0.2) is 4.98 Å². The van der Waals surface area contributed by atoms with Crippen molar-refractivity contribution in [2.45, 2.75) is 95.7 Å². The van der Waals surface area contributed by atoms with Crippen molar-refractivity contribution in [2.24, 2.45) is 11.3 Å². The van der Waals surface area contributed by atoms with Crippen LogP contribution in [0.2, 0.25) is 0 Å². The molecule has 1 spiro atoms. The van der Waals surface area contributed by atoms with Crippen molar-refractivity contribution >= 4 is 11.7 Å². The molecular weight excluding hydrogens is 534 g/mol. The summed E-state index contributed by atoms with van der Waals surface area (Å²) in [6.07, 6.45) is 16.4. The highest BCUT2D eigenvalue weighted by molar-refractivity contribution is 5.83. The van der Waals surface area contributed by atoms with E-state index in [1.807, 2.05) is 25.3 Å². The zero-order valence-electron chi connectivity index (χ0n) is 26.0. The summed E-state index contributed by atoms with van der Waals surface area (Å²) < 4.78 is 0. The number of likely N-dealkylation sites (tertiary alicyclic amines) is 1. The van der Waals surface area contributed by atoms with Crippen LogP contribution in [-0.2, 0) is 9.59 Å². The van der Waals surface area contributed by atoms with Gasteiger partial charge in [0.25, 0.3) is 0 Å². The maximum absolute atomic E-state index is 13.6. The number of fused-ring (bicyclic) bond motifs is 5. The molecule has 3 unspecified atom stereocenters. The van der Waals surface area contributed by atoms with E-state index in [1.54, 1.807) is 0 Å². The topological polar surface area (TPSA) is 81.3 Å². The molecular formula is C36H49N5O2. The van der Waals surface area contributed by atoms with Crippen LogP contribution in [0.4, 0.5) is 0 Å². The second-order valence-electron chi connectivity index (χ2n) is 13.4. The second-order valence-corrected chi connectivity index (χ2v) is 13.4. The number of Topliss-reactive ketones (excluding diaryl/α,β-unsaturated/α-hetero) is 1. The molecule has 1 aromatic heterocycles. The first kappa shape index (κ1) is 30.0. The van der Waals surface area contributed by atoms with Gasteiger partial charge in [-0.15, -0.1) is 13.2 Å². The fraction of sp³-hybridized carbons (Fsp3) is 0.583. The molecule has 6 rings (SSSR count). The smallest absolute Gasteiger partial charge is 0.224 e. The number of rotatable bonds is 15. The van der Waals surface area contributed by atoms with Gasteiger partial charge in [0, 0.05) is 43.9 Å². The SMILES string of the molecule is C=CCN1CCC2(CC1)CC2C(=O)N[C@@H](CCCCCC(=O)CC)c1ncc(-c2ccc3c(c2)C2CCC3N2CC=C)[nH]1. The first-order chi connectivity index (χ1) is 21.0. The molecule has 1 saturated carbocycles. The molecule has 7 nitrogen and oxygen atoms in total. The van der Waals surface area contributed by atoms with Gasteiger partial charge in [-0.2, -0.15) is 0 Å². The number of benzene rings is 1. The summed E-state index contributed by atoms with van der Waals surface area (Å²) in [7, 11) is 0. The van der Waals surface area contributed by atoms with Gasteiger partial charge >= 0.3 is 0 Å². The lowest BCUT2D eigenvalue weighted by Gasteiger charge is -2.32. The number of nitrogens with one attached hydrogen (secondary N) is 2. The fourth-order valence-electron chi connectivity index (χ4n) is 8.14. The minimum absolute atomic E-state index is 0.100. The Morgan fingerprint density at radius 3 is 2.60 bits per heavy atom. The van der Waals surface area contributed by atoms with Crippen molar-refractivity contribution in [1.82, 2.24) is 25.1 Å². The number of nitrogens with zero attached hydrogens (tertiary/aromatic N) is 3. The molecule has 7 heteroatoms. The molecule has 43 heavy (non-hydrogen) atoms. The average Bonchev–Trinajstić information content (AvgIpc) is 3.33. The van der Waals surface area contributed by atoms with Gasteiger partial charge < -0.3 is 10.3 Å². The van der Waals surface area contributed by atoms with E-state index in [1.165, 1.54) is 24.0 Å². The summed E-state index contributed by atoms with van der Waals surface area (Å²) in [5, 5.41) is 3.42. The highest BCUT2D eigenvalue weighted by Crippen LogP contribution is 2.59. The van der Waals surface area contributed by atoms with Gasteiger partial charge in [0.15, 0.2) is 0 Å². The van der Waals surface area contributed by atoms with Gasteiger partial charge in [0.2, 0.25) is 5.91 Å². The molecule has 2 saturated heterocycles. The van der Waals surface area contributed by atoms with Crippen LogP contribution in [0.3, 0.4) is 0 Å². The van der Waals surface area contributed by atoms with Crippen molar-refractivity contribution < 1.29 is 9.59 Å². The summed E-state index contributed by atoms with van der Waals surface area (Å²) in [4.78, 5) is 38.8. The van der Waals surface area contributed by atoms with E-state index in [2.05, 4.69) is 51.5 Å². The number of ketones is 1. The lowest BCUT2D eigenvalue weighted by Crippen LogP contribution is -2.38. The van der Waals surface area contributed by atoms with Gasteiger partial charge in [-0.3, -0.25) is 19.4 Å². The van der Waals surface area contributed by atoms with Gasteiger partial charge in [-0.05, 0) is 86.2 Å². The lowest BCUT2D eigenvalue weighted by atomic mass is 9.90.